The molecule has 1 aliphatic heterocycles. The number of carbonyl (C=O) groups is 2. The zero-order valence-electron chi connectivity index (χ0n) is 17.5. The summed E-state index contributed by atoms with van der Waals surface area (Å²) >= 11 is 0. The number of halogens is 2. The van der Waals surface area contributed by atoms with Gasteiger partial charge in [-0.3, -0.25) is 9.59 Å². The van der Waals surface area contributed by atoms with Crippen molar-refractivity contribution < 1.29 is 18.4 Å². The van der Waals surface area contributed by atoms with E-state index in [1.807, 2.05) is 49.1 Å². The molecule has 0 spiro atoms. The van der Waals surface area contributed by atoms with Crippen molar-refractivity contribution in [1.82, 2.24) is 10.2 Å². The molecule has 2 aromatic carbocycles. The van der Waals surface area contributed by atoms with Crippen molar-refractivity contribution in [2.75, 3.05) is 13.1 Å². The molecule has 0 bridgehead atoms. The second-order valence-corrected chi connectivity index (χ2v) is 8.18. The predicted octanol–water partition coefficient (Wildman–Crippen LogP) is 4.40. The van der Waals surface area contributed by atoms with Crippen LogP contribution in [0.1, 0.15) is 50.2 Å². The van der Waals surface area contributed by atoms with Crippen LogP contribution in [0.5, 0.6) is 0 Å². The summed E-state index contributed by atoms with van der Waals surface area (Å²) < 4.78 is 26.8. The van der Waals surface area contributed by atoms with Crippen LogP contribution in [-0.4, -0.2) is 29.8 Å². The van der Waals surface area contributed by atoms with E-state index in [4.69, 9.17) is 0 Å². The maximum atomic E-state index is 13.8. The molecule has 160 valence electrons. The molecule has 2 aromatic rings. The van der Waals surface area contributed by atoms with Gasteiger partial charge in [0.05, 0.1) is 5.92 Å². The highest BCUT2D eigenvalue weighted by Gasteiger charge is 2.39. The number of likely N-dealkylation sites (tertiary alicyclic amines) is 1. The van der Waals surface area contributed by atoms with Gasteiger partial charge in [-0.05, 0) is 30.9 Å². The van der Waals surface area contributed by atoms with Gasteiger partial charge in [-0.2, -0.15) is 0 Å². The summed E-state index contributed by atoms with van der Waals surface area (Å²) in [6.45, 7) is 4.91. The summed E-state index contributed by atoms with van der Waals surface area (Å²) in [7, 11) is 0. The molecular formula is C24H28F2N2O2. The largest absolute Gasteiger partial charge is 0.351 e. The fraction of sp³-hybridized carbons (Fsp3) is 0.417. The Labute approximate surface area is 176 Å². The molecule has 0 radical (unpaired) electrons. The number of nitrogens with one attached hydrogen (secondary N) is 1. The lowest BCUT2D eigenvalue weighted by Crippen LogP contribution is -2.49. The molecule has 1 saturated heterocycles. The molecule has 6 heteroatoms. The maximum Gasteiger partial charge on any atom is 0.230 e. The van der Waals surface area contributed by atoms with Gasteiger partial charge in [0.1, 0.15) is 11.6 Å². The lowest BCUT2D eigenvalue weighted by Gasteiger charge is -2.39. The van der Waals surface area contributed by atoms with Crippen molar-refractivity contribution in [2.45, 2.75) is 45.6 Å². The van der Waals surface area contributed by atoms with E-state index in [0.29, 0.717) is 25.9 Å². The normalized spacial score (nSPS) is 16.7. The fourth-order valence-electron chi connectivity index (χ4n) is 3.96. The SMILES string of the molecule is CC[C@H](C(=O)N1CCC(C)(C(=O)NCc2ccc(F)cc2F)CC1)c1ccccc1. The van der Waals surface area contributed by atoms with E-state index in [2.05, 4.69) is 5.32 Å². The molecule has 1 fully saturated rings. The zero-order valence-corrected chi connectivity index (χ0v) is 17.5. The molecule has 0 aliphatic carbocycles. The summed E-state index contributed by atoms with van der Waals surface area (Å²) in [5.41, 5.74) is 0.633. The smallest absolute Gasteiger partial charge is 0.230 e. The molecule has 2 amide bonds. The Morgan fingerprint density at radius 2 is 1.77 bits per heavy atom. The molecule has 0 aromatic heterocycles. The number of rotatable bonds is 6. The van der Waals surface area contributed by atoms with Gasteiger partial charge in [0.15, 0.2) is 0 Å². The third kappa shape index (κ3) is 4.86. The molecule has 1 N–H and O–H groups in total. The first kappa shape index (κ1) is 21.9. The van der Waals surface area contributed by atoms with Crippen LogP contribution in [0.25, 0.3) is 0 Å². The van der Waals surface area contributed by atoms with Crippen LogP contribution >= 0.6 is 0 Å². The van der Waals surface area contributed by atoms with Crippen LogP contribution in [0.4, 0.5) is 8.78 Å². The van der Waals surface area contributed by atoms with E-state index < -0.39 is 17.0 Å². The first-order chi connectivity index (χ1) is 14.3. The van der Waals surface area contributed by atoms with Gasteiger partial charge in [0, 0.05) is 36.7 Å². The van der Waals surface area contributed by atoms with Crippen LogP contribution in [0.2, 0.25) is 0 Å². The Morgan fingerprint density at radius 1 is 1.10 bits per heavy atom. The number of hydrogen-bond donors (Lipinski definition) is 1. The van der Waals surface area contributed by atoms with Gasteiger partial charge >= 0.3 is 0 Å². The van der Waals surface area contributed by atoms with Gasteiger partial charge in [-0.1, -0.05) is 50.2 Å². The summed E-state index contributed by atoms with van der Waals surface area (Å²) in [5.74, 6) is -1.57. The molecule has 1 aliphatic rings. The monoisotopic (exact) mass is 414 g/mol. The van der Waals surface area contributed by atoms with Crippen LogP contribution in [0.3, 0.4) is 0 Å². The number of benzene rings is 2. The third-order valence-electron chi connectivity index (χ3n) is 6.09. The second-order valence-electron chi connectivity index (χ2n) is 8.18. The van der Waals surface area contributed by atoms with E-state index in [1.165, 1.54) is 12.1 Å². The number of nitrogens with zero attached hydrogens (tertiary/aromatic N) is 1. The van der Waals surface area contributed by atoms with Crippen molar-refractivity contribution in [3.8, 4) is 0 Å². The quantitative estimate of drug-likeness (QED) is 0.762. The minimum atomic E-state index is -0.674. The van der Waals surface area contributed by atoms with Crippen molar-refractivity contribution in [3.63, 3.8) is 0 Å². The molecule has 0 saturated carbocycles. The van der Waals surface area contributed by atoms with Crippen LogP contribution in [0.15, 0.2) is 48.5 Å². The van der Waals surface area contributed by atoms with Crippen molar-refractivity contribution in [1.29, 1.82) is 0 Å². The number of carbonyl (C=O) groups excluding carboxylic acids is 2. The van der Waals surface area contributed by atoms with E-state index in [1.54, 1.807) is 0 Å². The lowest BCUT2D eigenvalue weighted by molar-refractivity contribution is -0.140. The Morgan fingerprint density at radius 3 is 2.37 bits per heavy atom. The summed E-state index contributed by atoms with van der Waals surface area (Å²) in [5, 5.41) is 2.77. The van der Waals surface area contributed by atoms with Crippen molar-refractivity contribution >= 4 is 11.8 Å². The maximum absolute atomic E-state index is 13.8. The van der Waals surface area contributed by atoms with Crippen LogP contribution in [0, 0.1) is 17.0 Å². The van der Waals surface area contributed by atoms with Gasteiger partial charge in [0.25, 0.3) is 0 Å². The zero-order chi connectivity index (χ0) is 21.7. The molecule has 30 heavy (non-hydrogen) atoms. The molecule has 0 unspecified atom stereocenters. The Balaban J connectivity index is 1.57. The van der Waals surface area contributed by atoms with Gasteiger partial charge in [-0.25, -0.2) is 8.78 Å². The lowest BCUT2D eigenvalue weighted by atomic mass is 9.79. The fourth-order valence-corrected chi connectivity index (χ4v) is 3.96. The van der Waals surface area contributed by atoms with E-state index in [-0.39, 0.29) is 29.8 Å². The van der Waals surface area contributed by atoms with Crippen molar-refractivity contribution in [2.24, 2.45) is 5.41 Å². The average Bonchev–Trinajstić information content (AvgIpc) is 2.74. The highest BCUT2D eigenvalue weighted by Crippen LogP contribution is 2.33. The van der Waals surface area contributed by atoms with Crippen LogP contribution < -0.4 is 5.32 Å². The first-order valence-corrected chi connectivity index (χ1v) is 10.4. The van der Waals surface area contributed by atoms with Crippen molar-refractivity contribution in [3.05, 3.63) is 71.3 Å². The first-order valence-electron chi connectivity index (χ1n) is 10.4. The minimum Gasteiger partial charge on any atom is -0.351 e. The Kier molecular flexibility index (Phi) is 6.85. The Hall–Kier alpha value is -2.76. The molecule has 1 atom stereocenters. The topological polar surface area (TPSA) is 49.4 Å². The highest BCUT2D eigenvalue weighted by molar-refractivity contribution is 5.85. The van der Waals surface area contributed by atoms with E-state index >= 15 is 0 Å². The summed E-state index contributed by atoms with van der Waals surface area (Å²) in [6.07, 6.45) is 1.81. The van der Waals surface area contributed by atoms with Gasteiger partial charge in [-0.15, -0.1) is 0 Å². The minimum absolute atomic E-state index is 0.00903. The highest BCUT2D eigenvalue weighted by atomic mass is 19.1. The van der Waals surface area contributed by atoms with Gasteiger partial charge < -0.3 is 10.2 Å². The van der Waals surface area contributed by atoms with E-state index in [9.17, 15) is 18.4 Å². The molecular weight excluding hydrogens is 386 g/mol. The molecule has 4 nitrogen and oxygen atoms in total. The molecule has 3 rings (SSSR count). The second kappa shape index (κ2) is 9.37. The standard InChI is InChI=1S/C24H28F2N2O2/c1-3-20(17-7-5-4-6-8-17)22(29)28-13-11-24(2,12-14-28)23(30)27-16-18-9-10-19(25)15-21(18)26/h4-10,15,20H,3,11-14,16H2,1-2H3,(H,27,30)/t20-/m0/s1. The Bertz CT molecular complexity index is 893. The summed E-state index contributed by atoms with van der Waals surface area (Å²) in [4.78, 5) is 27.6. The van der Waals surface area contributed by atoms with Gasteiger partial charge in [0.2, 0.25) is 11.8 Å². The third-order valence-corrected chi connectivity index (χ3v) is 6.09. The average molecular weight is 414 g/mol. The summed E-state index contributed by atoms with van der Waals surface area (Å²) in [6, 6.07) is 13.1. The predicted molar refractivity (Wildman–Crippen MR) is 112 cm³/mol. The molecule has 1 heterocycles. The van der Waals surface area contributed by atoms with E-state index in [0.717, 1.165) is 18.1 Å². The van der Waals surface area contributed by atoms with Crippen LogP contribution in [-0.2, 0) is 16.1 Å². The number of amides is 2. The number of hydrogen-bond acceptors (Lipinski definition) is 2. The number of piperidine rings is 1.